The van der Waals surface area contributed by atoms with Crippen LogP contribution in [0.25, 0.3) is 5.57 Å². The maximum Gasteiger partial charge on any atom is 0.0560 e. The average molecular weight is 204 g/mol. The van der Waals surface area contributed by atoms with Crippen molar-refractivity contribution in [2.24, 2.45) is 11.3 Å². The van der Waals surface area contributed by atoms with Crippen LogP contribution >= 0.6 is 0 Å². The molecule has 0 aromatic heterocycles. The zero-order valence-corrected chi connectivity index (χ0v) is 9.96. The number of benzene rings is 1. The number of allylic oxidation sites excluding steroid dienone is 2. The molecule has 1 rings (SSSR count). The van der Waals surface area contributed by atoms with E-state index in [1.165, 1.54) is 11.1 Å². The molecule has 0 unspecified atom stereocenters. The molecule has 0 aliphatic carbocycles. The number of hydrogen-bond donors (Lipinski definition) is 2. The molecular weight excluding hydrogens is 184 g/mol. The highest BCUT2D eigenvalue weighted by Crippen LogP contribution is 2.36. The summed E-state index contributed by atoms with van der Waals surface area (Å²) in [5.74, 6) is 5.51. The van der Waals surface area contributed by atoms with Gasteiger partial charge in [-0.2, -0.15) is 0 Å². The van der Waals surface area contributed by atoms with Crippen molar-refractivity contribution < 1.29 is 0 Å². The van der Waals surface area contributed by atoms with Gasteiger partial charge < -0.3 is 5.43 Å². The molecule has 0 radical (unpaired) electrons. The lowest BCUT2D eigenvalue weighted by Gasteiger charge is -2.25. The van der Waals surface area contributed by atoms with Gasteiger partial charge in [-0.15, -0.1) is 0 Å². The van der Waals surface area contributed by atoms with E-state index < -0.39 is 0 Å². The van der Waals surface area contributed by atoms with Gasteiger partial charge in [0.2, 0.25) is 0 Å². The largest absolute Gasteiger partial charge is 0.324 e. The predicted molar refractivity (Wildman–Crippen MR) is 67.4 cm³/mol. The Morgan fingerprint density at radius 2 is 1.87 bits per heavy atom. The summed E-state index contributed by atoms with van der Waals surface area (Å²) in [4.78, 5) is 0. The highest BCUT2D eigenvalue weighted by molar-refractivity contribution is 5.78. The predicted octanol–water partition coefficient (Wildman–Crippen LogP) is 3.42. The van der Waals surface area contributed by atoms with Gasteiger partial charge in [0.15, 0.2) is 0 Å². The lowest BCUT2D eigenvalue weighted by atomic mass is 9.81. The molecule has 3 N–H and O–H groups in total. The summed E-state index contributed by atoms with van der Waals surface area (Å²) in [6.45, 7) is 8.68. The number of rotatable bonds is 2. The fourth-order valence-corrected chi connectivity index (χ4v) is 1.84. The number of nitrogen functional groups attached to an aromatic ring is 1. The fourth-order valence-electron chi connectivity index (χ4n) is 1.84. The summed E-state index contributed by atoms with van der Waals surface area (Å²) >= 11 is 0. The molecule has 0 saturated carbocycles. The van der Waals surface area contributed by atoms with E-state index in [1.807, 2.05) is 18.2 Å². The minimum atomic E-state index is 0.127. The lowest BCUT2D eigenvalue weighted by molar-refractivity contribution is 0.566. The standard InChI is InChI=1S/C13H20N2/c1-5-11(13(2,3)4)10-8-6-7-9-12(10)15-14/h5-9,15H,14H2,1-4H3/b11-5+. The monoisotopic (exact) mass is 204 g/mol. The highest BCUT2D eigenvalue weighted by atomic mass is 15.2. The van der Waals surface area contributed by atoms with Crippen molar-refractivity contribution in [2.45, 2.75) is 27.7 Å². The van der Waals surface area contributed by atoms with Gasteiger partial charge in [0, 0.05) is 5.56 Å². The first kappa shape index (κ1) is 11.8. The van der Waals surface area contributed by atoms with Crippen LogP contribution in [0.5, 0.6) is 0 Å². The summed E-state index contributed by atoms with van der Waals surface area (Å²) < 4.78 is 0. The number of nitrogens with one attached hydrogen (secondary N) is 1. The molecule has 0 spiro atoms. The first-order valence-electron chi connectivity index (χ1n) is 5.23. The minimum absolute atomic E-state index is 0.127. The smallest absolute Gasteiger partial charge is 0.0560 e. The van der Waals surface area contributed by atoms with Crippen molar-refractivity contribution in [1.82, 2.24) is 0 Å². The molecule has 2 nitrogen and oxygen atoms in total. The van der Waals surface area contributed by atoms with Gasteiger partial charge in [-0.25, -0.2) is 0 Å². The van der Waals surface area contributed by atoms with Gasteiger partial charge in [-0.3, -0.25) is 5.84 Å². The van der Waals surface area contributed by atoms with Crippen molar-refractivity contribution in [1.29, 1.82) is 0 Å². The second-order valence-electron chi connectivity index (χ2n) is 4.64. The van der Waals surface area contributed by atoms with Crippen LogP contribution in [0, 0.1) is 5.41 Å². The maximum absolute atomic E-state index is 5.51. The Hall–Kier alpha value is -1.28. The number of nitrogens with two attached hydrogens (primary N) is 1. The maximum atomic E-state index is 5.51. The molecular formula is C13H20N2. The van der Waals surface area contributed by atoms with Crippen LogP contribution in [0.4, 0.5) is 5.69 Å². The summed E-state index contributed by atoms with van der Waals surface area (Å²) in [5, 5.41) is 0. The molecule has 0 atom stereocenters. The molecule has 0 fully saturated rings. The SMILES string of the molecule is C/C=C(\c1ccccc1NN)C(C)(C)C. The summed E-state index contributed by atoms with van der Waals surface area (Å²) in [7, 11) is 0. The van der Waals surface area contributed by atoms with Crippen molar-refractivity contribution in [2.75, 3.05) is 5.43 Å². The van der Waals surface area contributed by atoms with Gasteiger partial charge in [0.05, 0.1) is 5.69 Å². The summed E-state index contributed by atoms with van der Waals surface area (Å²) in [6.07, 6.45) is 2.15. The quantitative estimate of drug-likeness (QED) is 0.572. The Bertz CT molecular complexity index is 359. The first-order valence-corrected chi connectivity index (χ1v) is 5.23. The number of hydrogen-bond acceptors (Lipinski definition) is 2. The van der Waals surface area contributed by atoms with E-state index >= 15 is 0 Å². The molecule has 82 valence electrons. The van der Waals surface area contributed by atoms with Gasteiger partial charge in [-0.05, 0) is 24.0 Å². The molecule has 0 saturated heterocycles. The highest BCUT2D eigenvalue weighted by Gasteiger charge is 2.19. The van der Waals surface area contributed by atoms with Crippen molar-refractivity contribution >= 4 is 11.3 Å². The van der Waals surface area contributed by atoms with Crippen LogP contribution in [0.2, 0.25) is 0 Å². The third-order valence-corrected chi connectivity index (χ3v) is 2.47. The Morgan fingerprint density at radius 1 is 1.27 bits per heavy atom. The van der Waals surface area contributed by atoms with E-state index in [9.17, 15) is 0 Å². The summed E-state index contributed by atoms with van der Waals surface area (Å²) in [6, 6.07) is 8.10. The third kappa shape index (κ3) is 2.60. The Morgan fingerprint density at radius 3 is 2.33 bits per heavy atom. The van der Waals surface area contributed by atoms with E-state index in [-0.39, 0.29) is 5.41 Å². The van der Waals surface area contributed by atoms with Crippen molar-refractivity contribution in [3.8, 4) is 0 Å². The second-order valence-corrected chi connectivity index (χ2v) is 4.64. The zero-order chi connectivity index (χ0) is 11.5. The van der Waals surface area contributed by atoms with E-state index in [4.69, 9.17) is 5.84 Å². The normalized spacial score (nSPS) is 12.7. The molecule has 1 aromatic rings. The molecule has 0 heterocycles. The average Bonchev–Trinajstić information content (AvgIpc) is 2.17. The van der Waals surface area contributed by atoms with Crippen LogP contribution < -0.4 is 11.3 Å². The minimum Gasteiger partial charge on any atom is -0.324 e. The Balaban J connectivity index is 3.25. The van der Waals surface area contributed by atoms with Crippen LogP contribution in [0.3, 0.4) is 0 Å². The molecule has 0 bridgehead atoms. The van der Waals surface area contributed by atoms with Crippen LogP contribution in [0.15, 0.2) is 30.3 Å². The van der Waals surface area contributed by atoms with E-state index in [0.29, 0.717) is 0 Å². The second kappa shape index (κ2) is 4.49. The molecule has 2 heteroatoms. The number of hydrazine groups is 1. The van der Waals surface area contributed by atoms with Gasteiger partial charge in [-0.1, -0.05) is 45.0 Å². The van der Waals surface area contributed by atoms with Crippen LogP contribution in [0.1, 0.15) is 33.3 Å². The molecule has 0 aliphatic heterocycles. The van der Waals surface area contributed by atoms with E-state index in [1.54, 1.807) is 0 Å². The first-order chi connectivity index (χ1) is 7.00. The van der Waals surface area contributed by atoms with Crippen LogP contribution in [-0.2, 0) is 0 Å². The Kier molecular flexibility index (Phi) is 3.53. The third-order valence-electron chi connectivity index (χ3n) is 2.47. The Labute approximate surface area is 92.2 Å². The summed E-state index contributed by atoms with van der Waals surface area (Å²) in [5.41, 5.74) is 6.32. The number of anilines is 1. The molecule has 0 aliphatic rings. The lowest BCUT2D eigenvalue weighted by Crippen LogP contribution is -2.13. The van der Waals surface area contributed by atoms with Crippen molar-refractivity contribution in [3.63, 3.8) is 0 Å². The molecule has 1 aromatic carbocycles. The zero-order valence-electron chi connectivity index (χ0n) is 9.96. The number of para-hydroxylation sites is 1. The fraction of sp³-hybridized carbons (Fsp3) is 0.385. The molecule has 0 amide bonds. The van der Waals surface area contributed by atoms with E-state index in [0.717, 1.165) is 5.69 Å². The van der Waals surface area contributed by atoms with Gasteiger partial charge in [0.1, 0.15) is 0 Å². The van der Waals surface area contributed by atoms with Crippen LogP contribution in [-0.4, -0.2) is 0 Å². The topological polar surface area (TPSA) is 38.0 Å². The van der Waals surface area contributed by atoms with Gasteiger partial charge >= 0.3 is 0 Å². The van der Waals surface area contributed by atoms with Crippen molar-refractivity contribution in [3.05, 3.63) is 35.9 Å². The molecule has 15 heavy (non-hydrogen) atoms. The van der Waals surface area contributed by atoms with Gasteiger partial charge in [0.25, 0.3) is 0 Å². The van der Waals surface area contributed by atoms with E-state index in [2.05, 4.69) is 45.3 Å².